The zero-order chi connectivity index (χ0) is 11.4. The topological polar surface area (TPSA) is 15.3 Å². The molecule has 1 saturated carbocycles. The molecule has 0 aromatic heterocycles. The van der Waals surface area contributed by atoms with E-state index in [0.29, 0.717) is 0 Å². The van der Waals surface area contributed by atoms with E-state index in [1.54, 1.807) is 0 Å². The molecular formula is C13H26N2S. The van der Waals surface area contributed by atoms with Crippen molar-refractivity contribution in [2.75, 3.05) is 25.9 Å². The lowest BCUT2D eigenvalue weighted by Crippen LogP contribution is -2.56. The normalized spacial score (nSPS) is 37.5. The van der Waals surface area contributed by atoms with Gasteiger partial charge in [-0.25, -0.2) is 0 Å². The van der Waals surface area contributed by atoms with Gasteiger partial charge in [0.2, 0.25) is 0 Å². The van der Waals surface area contributed by atoms with Crippen LogP contribution in [0.5, 0.6) is 0 Å². The highest BCUT2D eigenvalue weighted by molar-refractivity contribution is 7.99. The minimum absolute atomic E-state index is 0.734. The van der Waals surface area contributed by atoms with E-state index >= 15 is 0 Å². The van der Waals surface area contributed by atoms with Gasteiger partial charge in [0.05, 0.1) is 0 Å². The van der Waals surface area contributed by atoms with Gasteiger partial charge in [-0.05, 0) is 25.5 Å². The van der Waals surface area contributed by atoms with Crippen LogP contribution in [0.15, 0.2) is 0 Å². The molecule has 1 N–H and O–H groups in total. The van der Waals surface area contributed by atoms with E-state index in [1.165, 1.54) is 51.7 Å². The van der Waals surface area contributed by atoms with Gasteiger partial charge in [0.15, 0.2) is 0 Å². The van der Waals surface area contributed by atoms with Gasteiger partial charge in [0.25, 0.3) is 0 Å². The average molecular weight is 242 g/mol. The van der Waals surface area contributed by atoms with Crippen LogP contribution in [0.3, 0.4) is 0 Å². The molecule has 0 amide bonds. The van der Waals surface area contributed by atoms with Gasteiger partial charge in [-0.1, -0.05) is 19.8 Å². The summed E-state index contributed by atoms with van der Waals surface area (Å²) in [5.74, 6) is 0. The van der Waals surface area contributed by atoms with E-state index in [1.807, 2.05) is 0 Å². The Balaban J connectivity index is 1.93. The van der Waals surface area contributed by atoms with Gasteiger partial charge in [0, 0.05) is 37.0 Å². The number of piperazine rings is 1. The molecule has 94 valence electrons. The first-order valence-corrected chi connectivity index (χ1v) is 8.14. The summed E-state index contributed by atoms with van der Waals surface area (Å²) in [7, 11) is 0. The Kier molecular flexibility index (Phi) is 4.98. The Morgan fingerprint density at radius 1 is 1.31 bits per heavy atom. The second-order valence-corrected chi connectivity index (χ2v) is 6.26. The van der Waals surface area contributed by atoms with Gasteiger partial charge >= 0.3 is 0 Å². The molecule has 3 heteroatoms. The Hall–Kier alpha value is 0.270. The van der Waals surface area contributed by atoms with Gasteiger partial charge in [-0.2, -0.15) is 11.8 Å². The van der Waals surface area contributed by atoms with E-state index < -0.39 is 0 Å². The largest absolute Gasteiger partial charge is 0.311 e. The molecule has 0 aromatic rings. The summed E-state index contributed by atoms with van der Waals surface area (Å²) >= 11 is 2.09. The number of hydrogen-bond acceptors (Lipinski definition) is 3. The predicted molar refractivity (Wildman–Crippen MR) is 73.2 cm³/mol. The van der Waals surface area contributed by atoms with Crippen molar-refractivity contribution in [3.05, 3.63) is 0 Å². The van der Waals surface area contributed by atoms with Crippen LogP contribution in [0, 0.1) is 0 Å². The van der Waals surface area contributed by atoms with E-state index in [2.05, 4.69) is 35.2 Å². The Morgan fingerprint density at radius 2 is 2.12 bits per heavy atom. The molecule has 1 aliphatic carbocycles. The average Bonchev–Trinajstić information content (AvgIpc) is 2.38. The van der Waals surface area contributed by atoms with Crippen molar-refractivity contribution in [2.24, 2.45) is 0 Å². The standard InChI is InChI=1S/C13H26N2S/c1-3-11-10-15(9-8-14-11)12-6-4-5-7-13(12)16-2/h11-14H,3-10H2,1-2H3. The van der Waals surface area contributed by atoms with E-state index in [-0.39, 0.29) is 0 Å². The third-order valence-electron chi connectivity index (χ3n) is 4.22. The summed E-state index contributed by atoms with van der Waals surface area (Å²) in [6.07, 6.45) is 9.33. The van der Waals surface area contributed by atoms with Crippen molar-refractivity contribution in [3.8, 4) is 0 Å². The molecule has 2 fully saturated rings. The minimum atomic E-state index is 0.734. The summed E-state index contributed by atoms with van der Waals surface area (Å²) in [5, 5.41) is 4.52. The van der Waals surface area contributed by atoms with Crippen molar-refractivity contribution in [2.45, 2.75) is 56.4 Å². The molecule has 0 radical (unpaired) electrons. The van der Waals surface area contributed by atoms with Crippen LogP contribution in [-0.2, 0) is 0 Å². The molecule has 1 saturated heterocycles. The molecule has 3 atom stereocenters. The second-order valence-electron chi connectivity index (χ2n) is 5.18. The van der Waals surface area contributed by atoms with Crippen molar-refractivity contribution in [1.29, 1.82) is 0 Å². The number of nitrogens with zero attached hydrogens (tertiary/aromatic N) is 1. The van der Waals surface area contributed by atoms with Crippen LogP contribution >= 0.6 is 11.8 Å². The SMILES string of the molecule is CCC1CN(C2CCCCC2SC)CCN1. The summed E-state index contributed by atoms with van der Waals surface area (Å²) in [6, 6.07) is 1.60. The molecule has 2 nitrogen and oxygen atoms in total. The van der Waals surface area contributed by atoms with Crippen LogP contribution in [-0.4, -0.2) is 48.1 Å². The monoisotopic (exact) mass is 242 g/mol. The van der Waals surface area contributed by atoms with Crippen molar-refractivity contribution in [1.82, 2.24) is 10.2 Å². The molecule has 1 aliphatic heterocycles. The Bertz CT molecular complexity index is 210. The zero-order valence-electron chi connectivity index (χ0n) is 10.7. The molecule has 1 heterocycles. The maximum absolute atomic E-state index is 3.62. The third kappa shape index (κ3) is 2.93. The summed E-state index contributed by atoms with van der Waals surface area (Å²) in [6.45, 7) is 6.03. The highest BCUT2D eigenvalue weighted by atomic mass is 32.2. The molecule has 0 spiro atoms. The molecule has 0 bridgehead atoms. The van der Waals surface area contributed by atoms with E-state index in [9.17, 15) is 0 Å². The molecule has 16 heavy (non-hydrogen) atoms. The Morgan fingerprint density at radius 3 is 2.88 bits per heavy atom. The highest BCUT2D eigenvalue weighted by Crippen LogP contribution is 2.31. The lowest BCUT2D eigenvalue weighted by molar-refractivity contribution is 0.118. The molecule has 2 rings (SSSR count). The zero-order valence-corrected chi connectivity index (χ0v) is 11.6. The van der Waals surface area contributed by atoms with Crippen molar-refractivity contribution >= 4 is 11.8 Å². The predicted octanol–water partition coefficient (Wildman–Crippen LogP) is 2.34. The van der Waals surface area contributed by atoms with Crippen LogP contribution in [0.1, 0.15) is 39.0 Å². The first kappa shape index (κ1) is 12.7. The lowest BCUT2D eigenvalue weighted by Gasteiger charge is -2.43. The van der Waals surface area contributed by atoms with Crippen molar-refractivity contribution in [3.63, 3.8) is 0 Å². The Labute approximate surface area is 105 Å². The van der Waals surface area contributed by atoms with Crippen LogP contribution < -0.4 is 5.32 Å². The minimum Gasteiger partial charge on any atom is -0.311 e. The maximum atomic E-state index is 3.62. The lowest BCUT2D eigenvalue weighted by atomic mass is 9.92. The maximum Gasteiger partial charge on any atom is 0.0215 e. The van der Waals surface area contributed by atoms with E-state index in [0.717, 1.165) is 17.3 Å². The fourth-order valence-corrected chi connectivity index (χ4v) is 4.22. The number of nitrogens with one attached hydrogen (secondary N) is 1. The van der Waals surface area contributed by atoms with Gasteiger partial charge in [-0.3, -0.25) is 4.90 Å². The number of hydrogen-bond donors (Lipinski definition) is 1. The van der Waals surface area contributed by atoms with Gasteiger partial charge in [-0.15, -0.1) is 0 Å². The van der Waals surface area contributed by atoms with Gasteiger partial charge in [0.1, 0.15) is 0 Å². The third-order valence-corrected chi connectivity index (χ3v) is 5.37. The van der Waals surface area contributed by atoms with Crippen LogP contribution in [0.4, 0.5) is 0 Å². The number of rotatable bonds is 3. The summed E-state index contributed by atoms with van der Waals surface area (Å²) in [5.41, 5.74) is 0. The van der Waals surface area contributed by atoms with Crippen molar-refractivity contribution < 1.29 is 0 Å². The van der Waals surface area contributed by atoms with Crippen LogP contribution in [0.25, 0.3) is 0 Å². The fourth-order valence-electron chi connectivity index (χ4n) is 3.20. The summed E-state index contributed by atoms with van der Waals surface area (Å²) in [4.78, 5) is 2.77. The molecule has 0 aromatic carbocycles. The number of thioether (sulfide) groups is 1. The molecular weight excluding hydrogens is 216 g/mol. The quantitative estimate of drug-likeness (QED) is 0.818. The first-order chi connectivity index (χ1) is 7.85. The fraction of sp³-hybridized carbons (Fsp3) is 1.00. The smallest absolute Gasteiger partial charge is 0.0215 e. The van der Waals surface area contributed by atoms with Gasteiger partial charge < -0.3 is 5.32 Å². The molecule has 2 aliphatic rings. The highest BCUT2D eigenvalue weighted by Gasteiger charge is 2.31. The molecule has 3 unspecified atom stereocenters. The summed E-state index contributed by atoms with van der Waals surface area (Å²) < 4.78 is 0. The second kappa shape index (κ2) is 6.27. The first-order valence-electron chi connectivity index (χ1n) is 6.85. The van der Waals surface area contributed by atoms with E-state index in [4.69, 9.17) is 0 Å². The van der Waals surface area contributed by atoms with Crippen LogP contribution in [0.2, 0.25) is 0 Å².